The van der Waals surface area contributed by atoms with Crippen LogP contribution in [0.4, 0.5) is 0 Å². The maximum Gasteiger partial charge on any atom is 0.308 e. The molecule has 1 aliphatic rings. The number of esters is 1. The Morgan fingerprint density at radius 1 is 1.58 bits per heavy atom. The maximum absolute atomic E-state index is 11.2. The van der Waals surface area contributed by atoms with E-state index in [-0.39, 0.29) is 11.5 Å². The molecule has 0 radical (unpaired) electrons. The number of rotatable bonds is 1. The standard InChI is InChI=1S/C8H10O4/c1-4-7(10)8(5(2)11-4)12-6(3)9/h4H,1-3H3. The Morgan fingerprint density at radius 3 is 2.50 bits per heavy atom. The molecule has 0 bridgehead atoms. The van der Waals surface area contributed by atoms with Gasteiger partial charge in [-0.25, -0.2) is 0 Å². The van der Waals surface area contributed by atoms with E-state index in [9.17, 15) is 9.59 Å². The third kappa shape index (κ3) is 1.47. The van der Waals surface area contributed by atoms with Gasteiger partial charge in [0.25, 0.3) is 0 Å². The van der Waals surface area contributed by atoms with Crippen molar-refractivity contribution in [2.24, 2.45) is 0 Å². The lowest BCUT2D eigenvalue weighted by atomic mass is 10.2. The van der Waals surface area contributed by atoms with Gasteiger partial charge in [-0.3, -0.25) is 9.59 Å². The van der Waals surface area contributed by atoms with Crippen LogP contribution in [0.2, 0.25) is 0 Å². The van der Waals surface area contributed by atoms with E-state index in [1.54, 1.807) is 13.8 Å². The molecule has 0 aromatic rings. The van der Waals surface area contributed by atoms with Gasteiger partial charge in [0.15, 0.2) is 6.10 Å². The lowest BCUT2D eigenvalue weighted by molar-refractivity contribution is -0.140. The summed E-state index contributed by atoms with van der Waals surface area (Å²) in [6.45, 7) is 4.46. The summed E-state index contributed by atoms with van der Waals surface area (Å²) in [5.41, 5.74) is 0. The number of Topliss-reactive ketones (excluding diaryl/α,β-unsaturated/α-hetero) is 1. The summed E-state index contributed by atoms with van der Waals surface area (Å²) in [6.07, 6.45) is -0.528. The van der Waals surface area contributed by atoms with Crippen molar-refractivity contribution in [3.63, 3.8) is 0 Å². The fourth-order valence-corrected chi connectivity index (χ4v) is 0.996. The first-order valence-electron chi connectivity index (χ1n) is 3.62. The highest BCUT2D eigenvalue weighted by atomic mass is 16.6. The first-order valence-corrected chi connectivity index (χ1v) is 3.62. The largest absolute Gasteiger partial charge is 0.483 e. The Balaban J connectivity index is 2.81. The zero-order valence-corrected chi connectivity index (χ0v) is 7.21. The first-order chi connectivity index (χ1) is 5.52. The van der Waals surface area contributed by atoms with Crippen molar-refractivity contribution in [2.45, 2.75) is 26.9 Å². The van der Waals surface area contributed by atoms with Crippen LogP contribution in [0.25, 0.3) is 0 Å². The number of allylic oxidation sites excluding steroid dienone is 1. The number of hydrogen-bond donors (Lipinski definition) is 0. The Bertz CT molecular complexity index is 264. The first kappa shape index (κ1) is 8.77. The lowest BCUT2D eigenvalue weighted by Gasteiger charge is -1.99. The maximum atomic E-state index is 11.2. The van der Waals surface area contributed by atoms with Gasteiger partial charge in [-0.15, -0.1) is 0 Å². The summed E-state index contributed by atoms with van der Waals surface area (Å²) >= 11 is 0. The third-order valence-corrected chi connectivity index (χ3v) is 1.51. The minimum Gasteiger partial charge on any atom is -0.483 e. The fraction of sp³-hybridized carbons (Fsp3) is 0.500. The van der Waals surface area contributed by atoms with Gasteiger partial charge in [0.1, 0.15) is 5.76 Å². The predicted molar refractivity (Wildman–Crippen MR) is 40.0 cm³/mol. The van der Waals surface area contributed by atoms with Crippen LogP contribution in [0, 0.1) is 0 Å². The van der Waals surface area contributed by atoms with E-state index < -0.39 is 12.1 Å². The molecular weight excluding hydrogens is 160 g/mol. The Labute approximate surface area is 70.1 Å². The summed E-state index contributed by atoms with van der Waals surface area (Å²) in [5.74, 6) is -0.365. The normalized spacial score (nSPS) is 22.6. The van der Waals surface area contributed by atoms with Gasteiger partial charge < -0.3 is 9.47 Å². The summed E-state index contributed by atoms with van der Waals surface area (Å²) in [6, 6.07) is 0. The highest BCUT2D eigenvalue weighted by molar-refractivity contribution is 6.00. The van der Waals surface area contributed by atoms with Crippen LogP contribution >= 0.6 is 0 Å². The van der Waals surface area contributed by atoms with Gasteiger partial charge in [0.05, 0.1) is 0 Å². The second-order valence-corrected chi connectivity index (χ2v) is 2.60. The molecule has 1 unspecified atom stereocenters. The molecule has 66 valence electrons. The van der Waals surface area contributed by atoms with E-state index in [1.165, 1.54) is 6.92 Å². The highest BCUT2D eigenvalue weighted by Crippen LogP contribution is 2.21. The predicted octanol–water partition coefficient (Wildman–Crippen LogP) is 0.769. The Hall–Kier alpha value is -1.32. The highest BCUT2D eigenvalue weighted by Gasteiger charge is 2.32. The van der Waals surface area contributed by atoms with Crippen LogP contribution < -0.4 is 0 Å². The molecule has 0 saturated carbocycles. The van der Waals surface area contributed by atoms with Crippen molar-refractivity contribution in [1.29, 1.82) is 0 Å². The minimum atomic E-state index is -0.528. The lowest BCUT2D eigenvalue weighted by Crippen LogP contribution is -2.15. The topological polar surface area (TPSA) is 52.6 Å². The number of ketones is 1. The molecule has 0 spiro atoms. The van der Waals surface area contributed by atoms with Crippen LogP contribution in [0.1, 0.15) is 20.8 Å². The van der Waals surface area contributed by atoms with E-state index in [1.807, 2.05) is 0 Å². The molecule has 1 rings (SSSR count). The molecule has 4 nitrogen and oxygen atoms in total. The second kappa shape index (κ2) is 2.97. The van der Waals surface area contributed by atoms with E-state index >= 15 is 0 Å². The summed E-state index contributed by atoms with van der Waals surface area (Å²) in [7, 11) is 0. The zero-order chi connectivity index (χ0) is 9.30. The fourth-order valence-electron chi connectivity index (χ4n) is 0.996. The van der Waals surface area contributed by atoms with E-state index in [0.29, 0.717) is 5.76 Å². The van der Waals surface area contributed by atoms with Crippen LogP contribution in [0.3, 0.4) is 0 Å². The molecule has 12 heavy (non-hydrogen) atoms. The molecule has 1 heterocycles. The van der Waals surface area contributed by atoms with Gasteiger partial charge in [-0.1, -0.05) is 0 Å². The number of carbonyl (C=O) groups excluding carboxylic acids is 2. The Kier molecular flexibility index (Phi) is 2.17. The van der Waals surface area contributed by atoms with Crippen LogP contribution in [0.5, 0.6) is 0 Å². The molecule has 1 atom stereocenters. The number of hydrogen-bond acceptors (Lipinski definition) is 4. The van der Waals surface area contributed by atoms with E-state index in [0.717, 1.165) is 0 Å². The summed E-state index contributed by atoms with van der Waals surface area (Å²) < 4.78 is 9.71. The van der Waals surface area contributed by atoms with Crippen molar-refractivity contribution < 1.29 is 19.1 Å². The number of ether oxygens (including phenoxy) is 2. The van der Waals surface area contributed by atoms with E-state index in [4.69, 9.17) is 4.74 Å². The monoisotopic (exact) mass is 170 g/mol. The molecule has 0 N–H and O–H groups in total. The quantitative estimate of drug-likeness (QED) is 0.545. The van der Waals surface area contributed by atoms with Gasteiger partial charge in [-0.2, -0.15) is 0 Å². The molecule has 0 fully saturated rings. The van der Waals surface area contributed by atoms with Crippen molar-refractivity contribution >= 4 is 11.8 Å². The molecule has 0 aliphatic carbocycles. The third-order valence-electron chi connectivity index (χ3n) is 1.51. The molecule has 0 aromatic carbocycles. The van der Waals surface area contributed by atoms with Crippen LogP contribution in [0.15, 0.2) is 11.5 Å². The van der Waals surface area contributed by atoms with Crippen molar-refractivity contribution in [3.8, 4) is 0 Å². The summed E-state index contributed by atoms with van der Waals surface area (Å²) in [5, 5.41) is 0. The second-order valence-electron chi connectivity index (χ2n) is 2.60. The van der Waals surface area contributed by atoms with Crippen molar-refractivity contribution in [2.75, 3.05) is 0 Å². The smallest absolute Gasteiger partial charge is 0.308 e. The van der Waals surface area contributed by atoms with Crippen molar-refractivity contribution in [1.82, 2.24) is 0 Å². The number of carbonyl (C=O) groups is 2. The van der Waals surface area contributed by atoms with Crippen LogP contribution in [-0.4, -0.2) is 17.9 Å². The molecule has 1 aliphatic heterocycles. The van der Waals surface area contributed by atoms with Crippen molar-refractivity contribution in [3.05, 3.63) is 11.5 Å². The molecule has 4 heteroatoms. The SMILES string of the molecule is CC(=O)OC1=C(C)OC(C)C1=O. The summed E-state index contributed by atoms with van der Waals surface area (Å²) in [4.78, 5) is 21.7. The van der Waals surface area contributed by atoms with Gasteiger partial charge in [0.2, 0.25) is 11.5 Å². The van der Waals surface area contributed by atoms with Gasteiger partial charge >= 0.3 is 5.97 Å². The average Bonchev–Trinajstić information content (AvgIpc) is 2.16. The van der Waals surface area contributed by atoms with Crippen LogP contribution in [-0.2, 0) is 19.1 Å². The van der Waals surface area contributed by atoms with Gasteiger partial charge in [0, 0.05) is 6.92 Å². The van der Waals surface area contributed by atoms with E-state index in [2.05, 4.69) is 4.74 Å². The molecular formula is C8H10O4. The van der Waals surface area contributed by atoms with Gasteiger partial charge in [-0.05, 0) is 13.8 Å². The molecule has 0 aromatic heterocycles. The molecule has 0 saturated heterocycles. The Morgan fingerprint density at radius 2 is 2.17 bits per heavy atom. The molecule has 0 amide bonds. The average molecular weight is 170 g/mol. The minimum absolute atomic E-state index is 0.0370. The zero-order valence-electron chi connectivity index (χ0n) is 7.21.